The minimum Gasteiger partial charge on any atom is -0.481 e. The third-order valence-electron chi connectivity index (χ3n) is 2.10. The summed E-state index contributed by atoms with van der Waals surface area (Å²) in [6.07, 6.45) is 0.542. The highest BCUT2D eigenvalue weighted by Crippen LogP contribution is 2.14. The number of carbonyl (C=O) groups is 2. The van der Waals surface area contributed by atoms with Crippen molar-refractivity contribution in [1.82, 2.24) is 0 Å². The van der Waals surface area contributed by atoms with Crippen LogP contribution in [0, 0.1) is 17.2 Å². The molecule has 0 radical (unpaired) electrons. The zero-order valence-corrected chi connectivity index (χ0v) is 12.2. The van der Waals surface area contributed by atoms with Crippen molar-refractivity contribution < 1.29 is 14.7 Å². The van der Waals surface area contributed by atoms with Crippen molar-refractivity contribution in [3.05, 3.63) is 35.9 Å². The van der Waals surface area contributed by atoms with Gasteiger partial charge >= 0.3 is 5.97 Å². The van der Waals surface area contributed by atoms with Crippen molar-refractivity contribution in [3.8, 4) is 6.07 Å². The lowest BCUT2D eigenvalue weighted by atomic mass is 10.1. The van der Waals surface area contributed by atoms with Crippen LogP contribution >= 0.6 is 22.5 Å². The molecule has 0 aliphatic carbocycles. The number of carboxylic acid groups (broad SMARTS) is 1. The third kappa shape index (κ3) is 9.17. The summed E-state index contributed by atoms with van der Waals surface area (Å²) < 4.78 is 0. The van der Waals surface area contributed by atoms with E-state index in [1.54, 1.807) is 19.1 Å². The van der Waals surface area contributed by atoms with Gasteiger partial charge in [-0.3, -0.25) is 9.59 Å². The molecule has 1 rings (SSSR count). The molecular formula is C13H15NO3S2. The van der Waals surface area contributed by atoms with Crippen molar-refractivity contribution in [2.24, 2.45) is 5.92 Å². The van der Waals surface area contributed by atoms with E-state index in [1.807, 2.05) is 24.3 Å². The first kappa shape index (κ1) is 17.6. The molecule has 0 aliphatic rings. The predicted molar refractivity (Wildman–Crippen MR) is 79.0 cm³/mol. The fraction of sp³-hybridized carbons (Fsp3) is 0.308. The molecule has 0 heterocycles. The molecule has 0 aliphatic heterocycles. The minimum atomic E-state index is -0.836. The van der Waals surface area contributed by atoms with E-state index >= 15 is 0 Å². The standard InChI is InChI=1S/C7H6OS2.C6H9NO2/c8-7(10-9)6-4-2-1-3-5-6;1-5(4-7)2-3-6(8)9/h1-5,9H;5H,2-3H2,1H3,(H,8,9). The SMILES string of the molecule is CC(C#N)CCC(=O)O.O=C(SS)c1ccccc1. The van der Waals surface area contributed by atoms with Gasteiger partial charge in [0.05, 0.1) is 6.07 Å². The lowest BCUT2D eigenvalue weighted by Gasteiger charge is -1.95. The van der Waals surface area contributed by atoms with Crippen LogP contribution in [0.1, 0.15) is 30.1 Å². The zero-order valence-electron chi connectivity index (χ0n) is 10.4. The van der Waals surface area contributed by atoms with E-state index in [9.17, 15) is 9.59 Å². The fourth-order valence-electron chi connectivity index (χ4n) is 1.03. The van der Waals surface area contributed by atoms with E-state index in [1.165, 1.54) is 0 Å². The summed E-state index contributed by atoms with van der Waals surface area (Å²) in [6, 6.07) is 11.0. The number of thiol groups is 1. The van der Waals surface area contributed by atoms with E-state index in [0.29, 0.717) is 12.0 Å². The first-order chi connectivity index (χ1) is 9.01. The van der Waals surface area contributed by atoms with Crippen molar-refractivity contribution in [2.45, 2.75) is 19.8 Å². The first-order valence-electron chi connectivity index (χ1n) is 5.53. The molecule has 1 aromatic carbocycles. The second kappa shape index (κ2) is 10.5. The van der Waals surface area contributed by atoms with E-state index < -0.39 is 5.97 Å². The molecule has 0 saturated carbocycles. The Bertz CT molecular complexity index is 443. The molecule has 0 fully saturated rings. The minimum absolute atomic E-state index is 0.0102. The van der Waals surface area contributed by atoms with Crippen LogP contribution in [0.4, 0.5) is 0 Å². The summed E-state index contributed by atoms with van der Waals surface area (Å²) in [5.41, 5.74) is 0.697. The number of nitriles is 1. The summed E-state index contributed by atoms with van der Waals surface area (Å²) >= 11 is 3.79. The van der Waals surface area contributed by atoms with Crippen LogP contribution < -0.4 is 0 Å². The van der Waals surface area contributed by atoms with Crippen LogP contribution in [0.5, 0.6) is 0 Å². The molecule has 1 aromatic rings. The highest BCUT2D eigenvalue weighted by molar-refractivity contribution is 8.75. The Kier molecular flexibility index (Phi) is 9.67. The molecule has 19 heavy (non-hydrogen) atoms. The Balaban J connectivity index is 0.000000344. The molecule has 0 amide bonds. The van der Waals surface area contributed by atoms with Crippen LogP contribution in [0.2, 0.25) is 0 Å². The van der Waals surface area contributed by atoms with Gasteiger partial charge in [0.15, 0.2) is 0 Å². The molecule has 0 bridgehead atoms. The Morgan fingerprint density at radius 3 is 2.42 bits per heavy atom. The van der Waals surface area contributed by atoms with Crippen LogP contribution in [-0.4, -0.2) is 16.2 Å². The summed E-state index contributed by atoms with van der Waals surface area (Å²) in [5, 5.41) is 16.3. The molecule has 0 aromatic heterocycles. The van der Waals surface area contributed by atoms with E-state index in [-0.39, 0.29) is 17.5 Å². The third-order valence-corrected chi connectivity index (χ3v) is 3.00. The average Bonchev–Trinajstić information content (AvgIpc) is 2.45. The second-order valence-corrected chi connectivity index (χ2v) is 4.81. The maximum atomic E-state index is 10.9. The summed E-state index contributed by atoms with van der Waals surface area (Å²) in [7, 11) is 0.933. The molecule has 1 atom stereocenters. The Labute approximate surface area is 121 Å². The molecule has 1 N–H and O–H groups in total. The highest BCUT2D eigenvalue weighted by atomic mass is 33.1. The number of nitrogens with zero attached hydrogens (tertiary/aromatic N) is 1. The van der Waals surface area contributed by atoms with Gasteiger partial charge in [-0.1, -0.05) is 30.3 Å². The van der Waals surface area contributed by atoms with E-state index in [2.05, 4.69) is 11.7 Å². The van der Waals surface area contributed by atoms with Crippen LogP contribution in [0.25, 0.3) is 0 Å². The highest BCUT2D eigenvalue weighted by Gasteiger charge is 2.02. The van der Waals surface area contributed by atoms with Crippen LogP contribution in [-0.2, 0) is 4.79 Å². The number of hydrogen-bond acceptors (Lipinski definition) is 5. The summed E-state index contributed by atoms with van der Waals surface area (Å²) in [6.45, 7) is 1.71. The number of benzene rings is 1. The number of rotatable bonds is 4. The smallest absolute Gasteiger partial charge is 0.303 e. The van der Waals surface area contributed by atoms with Gasteiger partial charge in [0.25, 0.3) is 0 Å². The Morgan fingerprint density at radius 2 is 2.00 bits per heavy atom. The molecule has 4 nitrogen and oxygen atoms in total. The van der Waals surface area contributed by atoms with Gasteiger partial charge in [0.2, 0.25) is 5.12 Å². The number of hydrogen-bond donors (Lipinski definition) is 2. The first-order valence-corrected chi connectivity index (χ1v) is 7.40. The molecule has 102 valence electrons. The normalized spacial score (nSPS) is 10.6. The van der Waals surface area contributed by atoms with Crippen molar-refractivity contribution >= 4 is 33.5 Å². The quantitative estimate of drug-likeness (QED) is 0.657. The maximum Gasteiger partial charge on any atom is 0.303 e. The monoisotopic (exact) mass is 297 g/mol. The number of aliphatic carboxylic acids is 1. The van der Waals surface area contributed by atoms with Crippen molar-refractivity contribution in [1.29, 1.82) is 5.26 Å². The molecule has 1 unspecified atom stereocenters. The Hall–Kier alpha value is -1.45. The van der Waals surface area contributed by atoms with Crippen LogP contribution in [0.3, 0.4) is 0 Å². The second-order valence-electron chi connectivity index (χ2n) is 3.71. The largest absolute Gasteiger partial charge is 0.481 e. The van der Waals surface area contributed by atoms with Gasteiger partial charge in [-0.25, -0.2) is 0 Å². The van der Waals surface area contributed by atoms with Gasteiger partial charge in [0.1, 0.15) is 0 Å². The maximum absolute atomic E-state index is 10.9. The van der Waals surface area contributed by atoms with E-state index in [0.717, 1.165) is 10.8 Å². The van der Waals surface area contributed by atoms with Gasteiger partial charge in [-0.2, -0.15) is 5.26 Å². The molecule has 0 spiro atoms. The van der Waals surface area contributed by atoms with Gasteiger partial charge < -0.3 is 5.11 Å². The zero-order chi connectivity index (χ0) is 14.7. The van der Waals surface area contributed by atoms with Crippen molar-refractivity contribution in [3.63, 3.8) is 0 Å². The van der Waals surface area contributed by atoms with Gasteiger partial charge in [0, 0.05) is 17.9 Å². The van der Waals surface area contributed by atoms with Crippen molar-refractivity contribution in [2.75, 3.05) is 0 Å². The van der Waals surface area contributed by atoms with E-state index in [4.69, 9.17) is 10.4 Å². The lowest BCUT2D eigenvalue weighted by Crippen LogP contribution is -1.98. The van der Waals surface area contributed by atoms with Gasteiger partial charge in [-0.05, 0) is 24.1 Å². The average molecular weight is 297 g/mol. The van der Waals surface area contributed by atoms with Crippen LogP contribution in [0.15, 0.2) is 30.3 Å². The topological polar surface area (TPSA) is 78.2 Å². The molecule has 0 saturated heterocycles. The fourth-order valence-corrected chi connectivity index (χ4v) is 1.59. The lowest BCUT2D eigenvalue weighted by molar-refractivity contribution is -0.137. The summed E-state index contributed by atoms with van der Waals surface area (Å²) in [4.78, 5) is 20.8. The van der Waals surface area contributed by atoms with Gasteiger partial charge in [-0.15, -0.1) is 11.7 Å². The number of carbonyl (C=O) groups excluding carboxylic acids is 1. The molecule has 6 heteroatoms. The molecular weight excluding hydrogens is 282 g/mol. The predicted octanol–water partition coefficient (Wildman–Crippen LogP) is 3.42. The summed E-state index contributed by atoms with van der Waals surface area (Å²) in [5.74, 6) is -0.974. The Morgan fingerprint density at radius 1 is 1.42 bits per heavy atom. The number of carboxylic acids is 1.